The number of rotatable bonds is 10. The molecule has 0 saturated heterocycles. The van der Waals surface area contributed by atoms with E-state index >= 15 is 0 Å². The van der Waals surface area contributed by atoms with Gasteiger partial charge in [0.25, 0.3) is 0 Å². The maximum Gasteiger partial charge on any atom is 0.154 e. The van der Waals surface area contributed by atoms with Crippen molar-refractivity contribution in [1.29, 1.82) is 0 Å². The first-order valence-electron chi connectivity index (χ1n) is 9.23. The zero-order valence-corrected chi connectivity index (χ0v) is 16.7. The minimum atomic E-state index is -0.257. The lowest BCUT2D eigenvalue weighted by molar-refractivity contribution is 0.155. The number of nitrogens with zero attached hydrogens (tertiary/aromatic N) is 3. The zero-order chi connectivity index (χ0) is 22.2. The summed E-state index contributed by atoms with van der Waals surface area (Å²) in [6.45, 7) is 5.35. The van der Waals surface area contributed by atoms with Crippen LogP contribution in [0.15, 0.2) is 91.0 Å². The number of hydrogen-bond acceptors (Lipinski definition) is 9. The average Bonchev–Trinajstić information content (AvgIpc) is 2.78. The molecule has 0 unspecified atom stereocenters. The Balaban J connectivity index is 1.89. The fourth-order valence-electron chi connectivity index (χ4n) is 2.42. The van der Waals surface area contributed by atoms with Crippen molar-refractivity contribution >= 4 is 17.1 Å². The highest BCUT2D eigenvalue weighted by molar-refractivity contribution is 5.75. The fourth-order valence-corrected chi connectivity index (χ4v) is 2.42. The van der Waals surface area contributed by atoms with Gasteiger partial charge in [0, 0.05) is 0 Å². The van der Waals surface area contributed by atoms with Crippen LogP contribution in [0.4, 0.5) is 17.1 Å². The third-order valence-electron chi connectivity index (χ3n) is 3.85. The molecular weight excluding hydrogens is 402 g/mol. The minimum absolute atomic E-state index is 0.00696. The van der Waals surface area contributed by atoms with Gasteiger partial charge in [-0.2, -0.15) is 0 Å². The summed E-state index contributed by atoms with van der Waals surface area (Å²) in [7, 11) is 0. The number of anilines is 3. The second-order valence-corrected chi connectivity index (χ2v) is 6.48. The first kappa shape index (κ1) is 21.9. The predicted octanol–water partition coefficient (Wildman–Crippen LogP) is 5.09. The molecule has 0 bridgehead atoms. The van der Waals surface area contributed by atoms with E-state index in [0.717, 1.165) is 6.07 Å². The van der Waals surface area contributed by atoms with E-state index < -0.39 is 0 Å². The molecule has 0 atom stereocenters. The second kappa shape index (κ2) is 10.3. The lowest BCUT2D eigenvalue weighted by atomic mass is 10.2. The molecule has 3 rings (SSSR count). The Labute approximate surface area is 179 Å². The Morgan fingerprint density at radius 2 is 1.26 bits per heavy atom. The normalized spacial score (nSPS) is 10.3. The summed E-state index contributed by atoms with van der Waals surface area (Å²) in [5.41, 5.74) is 0.182. The summed E-state index contributed by atoms with van der Waals surface area (Å²) < 4.78 is 0. The van der Waals surface area contributed by atoms with Crippen molar-refractivity contribution < 1.29 is 14.5 Å². The van der Waals surface area contributed by atoms with Crippen molar-refractivity contribution in [1.82, 2.24) is 0 Å². The standard InChI is InChI=1S/C22H20N3O6/c1-17(2)16-29-23(26)18-13-14-21(24(27)30-19-9-5-3-6-10-19)22(15-18)25(28)31-20-11-7-4-8-12-20/h3-15H,1,16H2,2H3/q-3. The highest BCUT2D eigenvalue weighted by atomic mass is 16.9. The van der Waals surface area contributed by atoms with Crippen LogP contribution in [-0.2, 0) is 4.84 Å². The van der Waals surface area contributed by atoms with Crippen molar-refractivity contribution in [3.8, 4) is 11.5 Å². The van der Waals surface area contributed by atoms with Crippen molar-refractivity contribution in [2.24, 2.45) is 0 Å². The Bertz CT molecular complexity index is 987. The minimum Gasteiger partial charge on any atom is -0.733 e. The molecule has 0 aliphatic carbocycles. The molecular formula is C22H20N3O6-3. The smallest absolute Gasteiger partial charge is 0.154 e. The van der Waals surface area contributed by atoms with Crippen LogP contribution in [0.1, 0.15) is 6.92 Å². The molecule has 162 valence electrons. The van der Waals surface area contributed by atoms with Crippen LogP contribution in [0.25, 0.3) is 0 Å². The molecule has 3 aromatic rings. The molecule has 0 saturated carbocycles. The third-order valence-corrected chi connectivity index (χ3v) is 3.85. The molecule has 0 aliphatic rings. The Kier molecular flexibility index (Phi) is 7.31. The van der Waals surface area contributed by atoms with E-state index in [2.05, 4.69) is 6.58 Å². The molecule has 0 spiro atoms. The summed E-state index contributed by atoms with van der Waals surface area (Å²) in [6, 6.07) is 20.3. The van der Waals surface area contributed by atoms with E-state index in [9.17, 15) is 15.6 Å². The molecule has 9 nitrogen and oxygen atoms in total. The van der Waals surface area contributed by atoms with E-state index in [1.165, 1.54) is 12.1 Å². The van der Waals surface area contributed by atoms with Gasteiger partial charge in [-0.1, -0.05) is 48.6 Å². The van der Waals surface area contributed by atoms with Crippen LogP contribution in [0, 0.1) is 15.6 Å². The third kappa shape index (κ3) is 6.11. The quantitative estimate of drug-likeness (QED) is 0.326. The highest BCUT2D eigenvalue weighted by Crippen LogP contribution is 2.34. The number of benzene rings is 3. The summed E-state index contributed by atoms with van der Waals surface area (Å²) in [4.78, 5) is 15.5. The largest absolute Gasteiger partial charge is 0.733 e. The van der Waals surface area contributed by atoms with Crippen molar-refractivity contribution in [3.05, 3.63) is 107 Å². The number of para-hydroxylation sites is 2. The molecule has 0 amide bonds. The summed E-state index contributed by atoms with van der Waals surface area (Å²) in [6.07, 6.45) is 0. The summed E-state index contributed by atoms with van der Waals surface area (Å²) in [5, 5.41) is 38.1. The van der Waals surface area contributed by atoms with Crippen molar-refractivity contribution in [3.63, 3.8) is 0 Å². The predicted molar refractivity (Wildman–Crippen MR) is 119 cm³/mol. The lowest BCUT2D eigenvalue weighted by Gasteiger charge is -2.38. The Morgan fingerprint density at radius 3 is 1.77 bits per heavy atom. The van der Waals surface area contributed by atoms with Crippen LogP contribution < -0.4 is 25.4 Å². The van der Waals surface area contributed by atoms with Crippen LogP contribution in [0.2, 0.25) is 0 Å². The number of hydrogen-bond donors (Lipinski definition) is 0. The van der Waals surface area contributed by atoms with Gasteiger partial charge in [0.15, 0.2) is 11.5 Å². The Morgan fingerprint density at radius 1 is 0.742 bits per heavy atom. The maximum absolute atomic E-state index is 12.7. The summed E-state index contributed by atoms with van der Waals surface area (Å²) in [5.74, 6) is 0.511. The van der Waals surface area contributed by atoms with Gasteiger partial charge in [0.1, 0.15) is 0 Å². The van der Waals surface area contributed by atoms with Gasteiger partial charge in [0.2, 0.25) is 0 Å². The fraction of sp³-hybridized carbons (Fsp3) is 0.0909. The zero-order valence-electron chi connectivity index (χ0n) is 16.7. The van der Waals surface area contributed by atoms with Gasteiger partial charge in [-0.15, -0.1) is 0 Å². The monoisotopic (exact) mass is 422 g/mol. The molecule has 0 heterocycles. The second-order valence-electron chi connectivity index (χ2n) is 6.48. The first-order valence-corrected chi connectivity index (χ1v) is 9.23. The van der Waals surface area contributed by atoms with Crippen LogP contribution >= 0.6 is 0 Å². The highest BCUT2D eigenvalue weighted by Gasteiger charge is 2.12. The topological polar surface area (TPSA) is 107 Å². The molecule has 0 fully saturated rings. The van der Waals surface area contributed by atoms with E-state index in [0.29, 0.717) is 5.57 Å². The Hall–Kier alpha value is -3.76. The summed E-state index contributed by atoms with van der Waals surface area (Å²) >= 11 is 0. The molecule has 0 aliphatic heterocycles. The van der Waals surface area contributed by atoms with Crippen LogP contribution in [0.5, 0.6) is 11.5 Å². The molecule has 9 heteroatoms. The van der Waals surface area contributed by atoms with Crippen LogP contribution in [0.3, 0.4) is 0 Å². The van der Waals surface area contributed by atoms with Crippen molar-refractivity contribution in [2.75, 3.05) is 22.3 Å². The van der Waals surface area contributed by atoms with Crippen LogP contribution in [-0.4, -0.2) is 6.61 Å². The van der Waals surface area contributed by atoms with E-state index in [1.54, 1.807) is 67.6 Å². The maximum atomic E-state index is 12.7. The van der Waals surface area contributed by atoms with E-state index in [1.807, 2.05) is 0 Å². The van der Waals surface area contributed by atoms with Gasteiger partial charge >= 0.3 is 0 Å². The van der Waals surface area contributed by atoms with Gasteiger partial charge in [-0.25, -0.2) is 0 Å². The van der Waals surface area contributed by atoms with Gasteiger partial charge in [-0.3, -0.25) is 15.3 Å². The molecule has 3 aromatic carbocycles. The lowest BCUT2D eigenvalue weighted by Crippen LogP contribution is -2.26. The molecule has 0 aromatic heterocycles. The van der Waals surface area contributed by atoms with Gasteiger partial charge in [0.05, 0.1) is 23.7 Å². The SMILES string of the molecule is C=C(C)CON([O-])c1ccc(N([O-])Oc2ccccc2)c(N([O-])Oc2ccccc2)c1. The van der Waals surface area contributed by atoms with E-state index in [-0.39, 0.29) is 50.8 Å². The van der Waals surface area contributed by atoms with Gasteiger partial charge < -0.3 is 30.5 Å². The van der Waals surface area contributed by atoms with Gasteiger partial charge in [-0.05, 0) is 49.4 Å². The molecule has 0 N–H and O–H groups in total. The van der Waals surface area contributed by atoms with E-state index in [4.69, 9.17) is 14.5 Å². The van der Waals surface area contributed by atoms with Crippen molar-refractivity contribution in [2.45, 2.75) is 6.92 Å². The molecule has 31 heavy (non-hydrogen) atoms. The average molecular weight is 422 g/mol. The molecule has 0 radical (unpaired) electrons. The first-order chi connectivity index (χ1) is 14.9.